The van der Waals surface area contributed by atoms with Crippen molar-refractivity contribution in [2.75, 3.05) is 21.7 Å². The van der Waals surface area contributed by atoms with E-state index in [1.165, 1.54) is 5.11 Å². The van der Waals surface area contributed by atoms with Crippen molar-refractivity contribution in [3.05, 3.63) is 58.6 Å². The molecule has 5 rings (SSSR count). The minimum atomic E-state index is -0.461. The first-order valence-corrected chi connectivity index (χ1v) is 11.1. The number of hydrogen-bond donors (Lipinski definition) is 0. The van der Waals surface area contributed by atoms with Crippen molar-refractivity contribution in [1.82, 2.24) is 9.80 Å². The molecule has 0 aliphatic carbocycles. The van der Waals surface area contributed by atoms with Gasteiger partial charge >= 0.3 is 0 Å². The van der Waals surface area contributed by atoms with Crippen LogP contribution in [-0.4, -0.2) is 38.2 Å². The van der Waals surface area contributed by atoms with E-state index in [-0.39, 0.29) is 0 Å². The van der Waals surface area contributed by atoms with Crippen LogP contribution in [-0.2, 0) is 0 Å². The third kappa shape index (κ3) is 2.68. The van der Waals surface area contributed by atoms with Crippen LogP contribution >= 0.6 is 58.5 Å². The molecule has 3 aliphatic rings. The summed E-state index contributed by atoms with van der Waals surface area (Å²) in [6.45, 7) is 1.82. The highest BCUT2D eigenvalue weighted by Gasteiger charge is 2.49. The van der Waals surface area contributed by atoms with Gasteiger partial charge in [0.2, 0.25) is 0 Å². The third-order valence-electron chi connectivity index (χ3n) is 4.67. The second kappa shape index (κ2) is 6.60. The molecule has 0 spiro atoms. The molecule has 3 heterocycles. The first-order chi connectivity index (χ1) is 13.1. The highest BCUT2D eigenvalue weighted by Crippen LogP contribution is 2.48. The topological polar surface area (TPSA) is 13.0 Å². The Labute approximate surface area is 181 Å². The van der Waals surface area contributed by atoms with Gasteiger partial charge in [0, 0.05) is 23.1 Å². The van der Waals surface area contributed by atoms with Crippen LogP contribution in [0.4, 0.5) is 11.4 Å². The van der Waals surface area contributed by atoms with Crippen molar-refractivity contribution in [1.29, 1.82) is 0 Å². The zero-order chi connectivity index (χ0) is 18.7. The summed E-state index contributed by atoms with van der Waals surface area (Å²) in [6, 6.07) is 15.6. The molecule has 2 aromatic rings. The minimum absolute atomic E-state index is 0.461. The van der Waals surface area contributed by atoms with Crippen molar-refractivity contribution < 1.29 is 0 Å². The lowest BCUT2D eigenvalue weighted by Gasteiger charge is -2.37. The number of benzene rings is 2. The van der Waals surface area contributed by atoms with E-state index in [1.807, 2.05) is 48.5 Å². The summed E-state index contributed by atoms with van der Waals surface area (Å²) in [5.74, 6) is 0. The second-order valence-corrected chi connectivity index (χ2v) is 9.54. The zero-order valence-electron chi connectivity index (χ0n) is 14.0. The molecule has 1 fully saturated rings. The summed E-state index contributed by atoms with van der Waals surface area (Å²) in [4.78, 5) is 4.44. The Morgan fingerprint density at radius 3 is 1.52 bits per heavy atom. The lowest BCUT2D eigenvalue weighted by molar-refractivity contribution is 0.424. The molecule has 3 aliphatic heterocycles. The molecule has 4 nitrogen and oxygen atoms in total. The molecule has 9 heteroatoms. The van der Waals surface area contributed by atoms with Crippen molar-refractivity contribution >= 4 is 85.2 Å². The fraction of sp³-hybridized carbons (Fsp3) is 0.167. The Kier molecular flexibility index (Phi) is 4.33. The van der Waals surface area contributed by atoms with Gasteiger partial charge in [0.25, 0.3) is 0 Å². The third-order valence-corrected chi connectivity index (χ3v) is 8.43. The van der Waals surface area contributed by atoms with E-state index in [9.17, 15) is 0 Å². The van der Waals surface area contributed by atoms with E-state index in [0.717, 1.165) is 41.1 Å². The van der Waals surface area contributed by atoms with E-state index < -0.39 is 10.9 Å². The van der Waals surface area contributed by atoms with E-state index in [1.54, 1.807) is 0 Å². The average Bonchev–Trinajstić information content (AvgIpc) is 3.13. The quantitative estimate of drug-likeness (QED) is 0.583. The lowest BCUT2D eigenvalue weighted by Crippen LogP contribution is -2.53. The zero-order valence-corrected chi connectivity index (χ0v) is 18.0. The fourth-order valence-corrected chi connectivity index (χ4v) is 7.19. The summed E-state index contributed by atoms with van der Waals surface area (Å²) in [7, 11) is -0.461. The summed E-state index contributed by atoms with van der Waals surface area (Å²) in [5.41, 5.74) is 2.02. The van der Waals surface area contributed by atoms with Crippen LogP contribution in [0.5, 0.6) is 0 Å². The summed E-state index contributed by atoms with van der Waals surface area (Å²) in [5, 5.41) is 4.19. The van der Waals surface area contributed by atoms with Crippen LogP contribution in [0.15, 0.2) is 48.5 Å². The fourth-order valence-electron chi connectivity index (χ4n) is 3.46. The van der Waals surface area contributed by atoms with E-state index >= 15 is 0 Å². The molecule has 0 radical (unpaired) electrons. The molecule has 0 N–H and O–H groups in total. The van der Waals surface area contributed by atoms with Crippen LogP contribution in [0.25, 0.3) is 0 Å². The predicted molar refractivity (Wildman–Crippen MR) is 124 cm³/mol. The molecule has 2 aromatic carbocycles. The van der Waals surface area contributed by atoms with Crippen LogP contribution in [0.3, 0.4) is 0 Å². The van der Waals surface area contributed by atoms with Gasteiger partial charge in [-0.3, -0.25) is 9.80 Å². The van der Waals surface area contributed by atoms with Crippen LogP contribution < -0.4 is 8.61 Å². The van der Waals surface area contributed by atoms with Gasteiger partial charge in [-0.25, -0.2) is 8.61 Å². The smallest absolute Gasteiger partial charge is 0.193 e. The summed E-state index contributed by atoms with van der Waals surface area (Å²) >= 11 is 23.9. The summed E-state index contributed by atoms with van der Waals surface area (Å²) in [6.07, 6.45) is 1.02. The molecule has 0 atom stereocenters. The van der Waals surface area contributed by atoms with E-state index in [2.05, 4.69) is 18.4 Å². The van der Waals surface area contributed by atoms with Crippen molar-refractivity contribution in [3.8, 4) is 0 Å². The van der Waals surface area contributed by atoms with Crippen LogP contribution in [0, 0.1) is 0 Å². The Hall–Kier alpha value is -1.38. The molecule has 0 aromatic heterocycles. The Balaban J connectivity index is 1.68. The maximum atomic E-state index is 6.10. The molecule has 0 unspecified atom stereocenters. The molecule has 0 amide bonds. The summed E-state index contributed by atoms with van der Waals surface area (Å²) < 4.78 is 4.38. The van der Waals surface area contributed by atoms with Crippen molar-refractivity contribution in [2.45, 2.75) is 6.42 Å². The first kappa shape index (κ1) is 17.7. The maximum absolute atomic E-state index is 6.10. The minimum Gasteiger partial charge on any atom is -0.296 e. The number of hydrogen-bond acceptors (Lipinski definition) is 2. The largest absolute Gasteiger partial charge is 0.296 e. The van der Waals surface area contributed by atoms with Crippen LogP contribution in [0.1, 0.15) is 6.42 Å². The Morgan fingerprint density at radius 2 is 1.11 bits per heavy atom. The Morgan fingerprint density at radius 1 is 0.704 bits per heavy atom. The SMILES string of the molecule is S=C1N2CCCN3C(=S)N(c4ccc(Cl)cc4)S(=C23)N1c1ccc(Cl)cc1. The van der Waals surface area contributed by atoms with Gasteiger partial charge in [0.1, 0.15) is 0 Å². The molecular weight excluding hydrogens is 439 g/mol. The highest BCUT2D eigenvalue weighted by molar-refractivity contribution is 8.21. The van der Waals surface area contributed by atoms with Crippen molar-refractivity contribution in [2.24, 2.45) is 0 Å². The molecule has 138 valence electrons. The van der Waals surface area contributed by atoms with Gasteiger partial charge in [-0.05, 0) is 79.4 Å². The predicted octanol–water partition coefficient (Wildman–Crippen LogP) is 5.10. The van der Waals surface area contributed by atoms with Gasteiger partial charge in [-0.15, -0.1) is 0 Å². The Bertz CT molecular complexity index is 913. The van der Waals surface area contributed by atoms with E-state index in [4.69, 9.17) is 47.6 Å². The van der Waals surface area contributed by atoms with Gasteiger partial charge in [0.15, 0.2) is 15.3 Å². The van der Waals surface area contributed by atoms with E-state index in [0.29, 0.717) is 10.0 Å². The van der Waals surface area contributed by atoms with Crippen molar-refractivity contribution in [3.63, 3.8) is 0 Å². The van der Waals surface area contributed by atoms with Gasteiger partial charge in [-0.2, -0.15) is 0 Å². The van der Waals surface area contributed by atoms with Gasteiger partial charge < -0.3 is 0 Å². The molecule has 1 saturated heterocycles. The highest BCUT2D eigenvalue weighted by atomic mass is 35.5. The normalized spacial score (nSPS) is 19.4. The second-order valence-electron chi connectivity index (χ2n) is 6.31. The average molecular weight is 453 g/mol. The number of thiocarbonyl (C=S) groups is 2. The van der Waals surface area contributed by atoms with Gasteiger partial charge in [0.05, 0.1) is 22.2 Å². The number of rotatable bonds is 2. The monoisotopic (exact) mass is 452 g/mol. The standard InChI is InChI=1S/C18H14Cl2N4S3/c19-12-2-6-14(7-3-12)23-16(25)21-10-1-11-22-17(26)24(27(23)18(21)22)15-8-4-13(20)5-9-15/h2-9H,1,10-11H2. The lowest BCUT2D eigenvalue weighted by atomic mass is 10.3. The number of nitrogens with zero attached hydrogens (tertiary/aromatic N) is 4. The number of halogens is 2. The maximum Gasteiger partial charge on any atom is 0.193 e. The molecule has 0 saturated carbocycles. The molecule has 0 bridgehead atoms. The number of anilines is 2. The van der Waals surface area contributed by atoms with Crippen LogP contribution in [0.2, 0.25) is 10.0 Å². The van der Waals surface area contributed by atoms with Gasteiger partial charge in [-0.1, -0.05) is 23.2 Å². The first-order valence-electron chi connectivity index (χ1n) is 8.42. The molecular formula is C18H14Cl2N4S3. The molecule has 27 heavy (non-hydrogen) atoms.